The van der Waals surface area contributed by atoms with Crippen molar-refractivity contribution < 1.29 is 9.53 Å². The Morgan fingerprint density at radius 2 is 1.86 bits per heavy atom. The fourth-order valence-electron chi connectivity index (χ4n) is 2.34. The highest BCUT2D eigenvalue weighted by Crippen LogP contribution is 2.21. The first-order chi connectivity index (χ1) is 10.6. The van der Waals surface area contributed by atoms with Crippen LogP contribution >= 0.6 is 0 Å². The summed E-state index contributed by atoms with van der Waals surface area (Å²) >= 11 is 0. The van der Waals surface area contributed by atoms with Crippen molar-refractivity contribution >= 4 is 5.91 Å². The number of aromatic nitrogens is 1. The standard InChI is InChI=1S/C18H22N2O2/c1-13(20-14(2)21)4-5-15-6-8-16(9-7-15)17-10-11-18(22-3)19-12-17/h6-13H,4-5H2,1-3H3,(H,20,21). The number of pyridine rings is 1. The zero-order valence-corrected chi connectivity index (χ0v) is 13.3. The summed E-state index contributed by atoms with van der Waals surface area (Å²) in [6.07, 6.45) is 3.69. The summed E-state index contributed by atoms with van der Waals surface area (Å²) in [7, 11) is 1.61. The maximum atomic E-state index is 11.0. The first kappa shape index (κ1) is 16.0. The minimum Gasteiger partial charge on any atom is -0.481 e. The van der Waals surface area contributed by atoms with E-state index in [1.807, 2.05) is 25.3 Å². The molecule has 1 amide bonds. The maximum absolute atomic E-state index is 11.0. The second kappa shape index (κ2) is 7.59. The van der Waals surface area contributed by atoms with Crippen LogP contribution in [0.2, 0.25) is 0 Å². The van der Waals surface area contributed by atoms with Gasteiger partial charge in [-0.15, -0.1) is 0 Å². The van der Waals surface area contributed by atoms with E-state index in [0.717, 1.165) is 24.0 Å². The number of aryl methyl sites for hydroxylation is 1. The number of methoxy groups -OCH3 is 1. The lowest BCUT2D eigenvalue weighted by Gasteiger charge is -2.12. The first-order valence-electron chi connectivity index (χ1n) is 7.45. The number of hydrogen-bond acceptors (Lipinski definition) is 3. The van der Waals surface area contributed by atoms with E-state index < -0.39 is 0 Å². The molecule has 0 fully saturated rings. The van der Waals surface area contributed by atoms with E-state index >= 15 is 0 Å². The molecular formula is C18H22N2O2. The summed E-state index contributed by atoms with van der Waals surface area (Å²) in [5.41, 5.74) is 3.47. The number of amides is 1. The number of carbonyl (C=O) groups is 1. The van der Waals surface area contributed by atoms with Crippen molar-refractivity contribution in [2.45, 2.75) is 32.7 Å². The second-order valence-corrected chi connectivity index (χ2v) is 5.43. The minimum absolute atomic E-state index is 0.0230. The zero-order chi connectivity index (χ0) is 15.9. The van der Waals surface area contributed by atoms with E-state index in [1.54, 1.807) is 14.0 Å². The third-order valence-corrected chi connectivity index (χ3v) is 3.55. The molecule has 4 heteroatoms. The van der Waals surface area contributed by atoms with Crippen LogP contribution in [0.15, 0.2) is 42.6 Å². The van der Waals surface area contributed by atoms with Gasteiger partial charge in [-0.05, 0) is 37.0 Å². The molecule has 4 nitrogen and oxygen atoms in total. The largest absolute Gasteiger partial charge is 0.481 e. The van der Waals surface area contributed by atoms with Crippen LogP contribution in [-0.4, -0.2) is 24.0 Å². The molecule has 0 aliphatic carbocycles. The predicted octanol–water partition coefficient (Wildman–Crippen LogP) is 3.21. The van der Waals surface area contributed by atoms with Crippen LogP contribution in [0.1, 0.15) is 25.8 Å². The molecule has 2 aromatic rings. The molecule has 1 aromatic carbocycles. The van der Waals surface area contributed by atoms with E-state index in [0.29, 0.717) is 5.88 Å². The van der Waals surface area contributed by atoms with Gasteiger partial charge in [-0.25, -0.2) is 4.98 Å². The molecule has 1 aromatic heterocycles. The number of ether oxygens (including phenoxy) is 1. The monoisotopic (exact) mass is 298 g/mol. The van der Waals surface area contributed by atoms with Crippen molar-refractivity contribution in [3.63, 3.8) is 0 Å². The van der Waals surface area contributed by atoms with Crippen molar-refractivity contribution in [2.24, 2.45) is 0 Å². The quantitative estimate of drug-likeness (QED) is 0.891. The van der Waals surface area contributed by atoms with Gasteiger partial charge in [0.15, 0.2) is 0 Å². The molecule has 22 heavy (non-hydrogen) atoms. The SMILES string of the molecule is COc1ccc(-c2ccc(CCC(C)NC(C)=O)cc2)cn1. The van der Waals surface area contributed by atoms with Crippen molar-refractivity contribution in [1.82, 2.24) is 10.3 Å². The second-order valence-electron chi connectivity index (χ2n) is 5.43. The summed E-state index contributed by atoms with van der Waals surface area (Å²) in [5.74, 6) is 0.641. The molecule has 0 aliphatic heterocycles. The van der Waals surface area contributed by atoms with Gasteiger partial charge in [0, 0.05) is 30.8 Å². The lowest BCUT2D eigenvalue weighted by atomic mass is 10.0. The smallest absolute Gasteiger partial charge is 0.217 e. The number of benzene rings is 1. The molecule has 2 rings (SSSR count). The van der Waals surface area contributed by atoms with Gasteiger partial charge in [-0.2, -0.15) is 0 Å². The van der Waals surface area contributed by atoms with E-state index in [1.165, 1.54) is 5.56 Å². The van der Waals surface area contributed by atoms with Gasteiger partial charge in [-0.3, -0.25) is 4.79 Å². The van der Waals surface area contributed by atoms with Crippen molar-refractivity contribution in [1.29, 1.82) is 0 Å². The Morgan fingerprint density at radius 1 is 1.18 bits per heavy atom. The molecule has 0 saturated carbocycles. The van der Waals surface area contributed by atoms with Crippen molar-refractivity contribution in [3.05, 3.63) is 48.2 Å². The molecule has 0 bridgehead atoms. The van der Waals surface area contributed by atoms with Crippen LogP contribution in [0.4, 0.5) is 0 Å². The molecule has 1 unspecified atom stereocenters. The van der Waals surface area contributed by atoms with Crippen LogP contribution in [0, 0.1) is 0 Å². The summed E-state index contributed by atoms with van der Waals surface area (Å²) in [6.45, 7) is 3.58. The van der Waals surface area contributed by atoms with Gasteiger partial charge in [-0.1, -0.05) is 24.3 Å². The molecule has 1 atom stereocenters. The fourth-order valence-corrected chi connectivity index (χ4v) is 2.34. The van der Waals surface area contributed by atoms with Gasteiger partial charge < -0.3 is 10.1 Å². The Balaban J connectivity index is 1.96. The minimum atomic E-state index is 0.0230. The average Bonchev–Trinajstić information content (AvgIpc) is 2.53. The number of carbonyl (C=O) groups excluding carboxylic acids is 1. The predicted molar refractivity (Wildman–Crippen MR) is 87.8 cm³/mol. The highest BCUT2D eigenvalue weighted by Gasteiger charge is 2.04. The van der Waals surface area contributed by atoms with Crippen LogP contribution in [0.3, 0.4) is 0 Å². The van der Waals surface area contributed by atoms with E-state index in [4.69, 9.17) is 4.74 Å². The zero-order valence-electron chi connectivity index (χ0n) is 13.3. The fraction of sp³-hybridized carbons (Fsp3) is 0.333. The van der Waals surface area contributed by atoms with Gasteiger partial charge in [0.1, 0.15) is 0 Å². The molecule has 0 radical (unpaired) electrons. The Kier molecular flexibility index (Phi) is 5.53. The van der Waals surface area contributed by atoms with Crippen LogP contribution in [0.25, 0.3) is 11.1 Å². The number of nitrogens with one attached hydrogen (secondary N) is 1. The normalized spacial score (nSPS) is 11.8. The summed E-state index contributed by atoms with van der Waals surface area (Å²) in [6, 6.07) is 12.5. The van der Waals surface area contributed by atoms with Crippen LogP contribution in [-0.2, 0) is 11.2 Å². The number of nitrogens with zero attached hydrogens (tertiary/aromatic N) is 1. The lowest BCUT2D eigenvalue weighted by Crippen LogP contribution is -2.30. The third-order valence-electron chi connectivity index (χ3n) is 3.55. The Bertz CT molecular complexity index is 606. The third kappa shape index (κ3) is 4.58. The lowest BCUT2D eigenvalue weighted by molar-refractivity contribution is -0.119. The van der Waals surface area contributed by atoms with Crippen LogP contribution in [0.5, 0.6) is 5.88 Å². The topological polar surface area (TPSA) is 51.2 Å². The van der Waals surface area contributed by atoms with E-state index in [2.05, 4.69) is 34.6 Å². The Hall–Kier alpha value is -2.36. The summed E-state index contributed by atoms with van der Waals surface area (Å²) in [5, 5.41) is 2.90. The highest BCUT2D eigenvalue weighted by molar-refractivity contribution is 5.73. The van der Waals surface area contributed by atoms with Gasteiger partial charge in [0.2, 0.25) is 11.8 Å². The average molecular weight is 298 g/mol. The maximum Gasteiger partial charge on any atom is 0.217 e. The molecular weight excluding hydrogens is 276 g/mol. The Labute approximate surface area is 131 Å². The van der Waals surface area contributed by atoms with Gasteiger partial charge >= 0.3 is 0 Å². The number of rotatable bonds is 6. The molecule has 0 spiro atoms. The molecule has 0 aliphatic rings. The highest BCUT2D eigenvalue weighted by atomic mass is 16.5. The van der Waals surface area contributed by atoms with E-state index in [-0.39, 0.29) is 11.9 Å². The van der Waals surface area contributed by atoms with Gasteiger partial charge in [0.25, 0.3) is 0 Å². The molecule has 116 valence electrons. The van der Waals surface area contributed by atoms with E-state index in [9.17, 15) is 4.79 Å². The van der Waals surface area contributed by atoms with Crippen molar-refractivity contribution in [2.75, 3.05) is 7.11 Å². The van der Waals surface area contributed by atoms with Crippen molar-refractivity contribution in [3.8, 4) is 17.0 Å². The number of hydrogen-bond donors (Lipinski definition) is 1. The molecule has 0 saturated heterocycles. The first-order valence-corrected chi connectivity index (χ1v) is 7.45. The Morgan fingerprint density at radius 3 is 2.41 bits per heavy atom. The van der Waals surface area contributed by atoms with Gasteiger partial charge in [0.05, 0.1) is 7.11 Å². The summed E-state index contributed by atoms with van der Waals surface area (Å²) < 4.78 is 5.06. The van der Waals surface area contributed by atoms with Crippen LogP contribution < -0.4 is 10.1 Å². The molecule has 1 heterocycles. The summed E-state index contributed by atoms with van der Waals surface area (Å²) in [4.78, 5) is 15.2. The molecule has 1 N–H and O–H groups in total.